The number of nitrogens with zero attached hydrogens (tertiary/aromatic N) is 1. The van der Waals surface area contributed by atoms with Crippen LogP contribution in [0.3, 0.4) is 0 Å². The molecule has 96 valence electrons. The normalized spacial score (nSPS) is 23.8. The number of fused-ring (bicyclic) bond motifs is 1. The van der Waals surface area contributed by atoms with Crippen LogP contribution in [0.1, 0.15) is 24.8 Å². The average molecular weight is 245 g/mol. The van der Waals surface area contributed by atoms with Gasteiger partial charge in [-0.05, 0) is 43.5 Å². The summed E-state index contributed by atoms with van der Waals surface area (Å²) in [4.78, 5) is 4.11. The van der Waals surface area contributed by atoms with E-state index in [-0.39, 0.29) is 0 Å². The highest BCUT2D eigenvalue weighted by atomic mass is 16.3. The van der Waals surface area contributed by atoms with E-state index in [1.165, 1.54) is 24.8 Å². The molecule has 3 rings (SSSR count). The van der Waals surface area contributed by atoms with E-state index in [0.29, 0.717) is 12.1 Å². The molecule has 4 nitrogen and oxygen atoms in total. The quantitative estimate of drug-likeness (QED) is 0.862. The van der Waals surface area contributed by atoms with Gasteiger partial charge in [0, 0.05) is 12.1 Å². The topological polar surface area (TPSA) is 64.1 Å². The summed E-state index contributed by atoms with van der Waals surface area (Å²) in [5.41, 5.74) is 9.10. The van der Waals surface area contributed by atoms with Crippen molar-refractivity contribution < 1.29 is 4.42 Å². The fourth-order valence-corrected chi connectivity index (χ4v) is 2.70. The maximum Gasteiger partial charge on any atom is 0.181 e. The van der Waals surface area contributed by atoms with E-state index >= 15 is 0 Å². The number of nitrogens with two attached hydrogens (primary N) is 1. The van der Waals surface area contributed by atoms with Crippen molar-refractivity contribution in [1.29, 1.82) is 0 Å². The largest absolute Gasteiger partial charge is 0.443 e. The number of hydrogen-bond donors (Lipinski definition) is 2. The third-order valence-electron chi connectivity index (χ3n) is 3.79. The lowest BCUT2D eigenvalue weighted by atomic mass is 10.1. The molecule has 3 N–H and O–H groups in total. The first-order valence-corrected chi connectivity index (χ1v) is 6.64. The van der Waals surface area contributed by atoms with Gasteiger partial charge in [-0.3, -0.25) is 0 Å². The van der Waals surface area contributed by atoms with E-state index in [1.54, 1.807) is 0 Å². The van der Waals surface area contributed by atoms with Crippen LogP contribution in [0.4, 0.5) is 0 Å². The molecule has 1 aromatic heterocycles. The predicted molar refractivity (Wildman–Crippen MR) is 71.3 cm³/mol. The van der Waals surface area contributed by atoms with Crippen LogP contribution in [-0.4, -0.2) is 23.6 Å². The van der Waals surface area contributed by atoms with Gasteiger partial charge in [0.25, 0.3) is 0 Å². The highest BCUT2D eigenvalue weighted by Gasteiger charge is 2.22. The molecule has 1 aliphatic rings. The van der Waals surface area contributed by atoms with E-state index in [2.05, 4.69) is 22.4 Å². The second kappa shape index (κ2) is 5.08. The summed E-state index contributed by atoms with van der Waals surface area (Å²) in [7, 11) is 0. The van der Waals surface area contributed by atoms with Crippen LogP contribution < -0.4 is 11.1 Å². The Kier molecular flexibility index (Phi) is 3.30. The zero-order valence-electron chi connectivity index (χ0n) is 10.4. The molecule has 4 heteroatoms. The lowest BCUT2D eigenvalue weighted by Gasteiger charge is -2.17. The van der Waals surface area contributed by atoms with Gasteiger partial charge in [-0.2, -0.15) is 0 Å². The third kappa shape index (κ3) is 2.40. The molecular formula is C14H19N3O. The minimum absolute atomic E-state index is 0.335. The van der Waals surface area contributed by atoms with Crippen LogP contribution in [-0.2, 0) is 6.42 Å². The van der Waals surface area contributed by atoms with Gasteiger partial charge < -0.3 is 15.5 Å². The maximum atomic E-state index is 6.03. The number of hydrogen-bond acceptors (Lipinski definition) is 4. The molecule has 2 unspecified atom stereocenters. The van der Waals surface area contributed by atoms with Crippen LogP contribution in [0.2, 0.25) is 0 Å². The number of nitrogens with one attached hydrogen (secondary N) is 1. The van der Waals surface area contributed by atoms with Crippen molar-refractivity contribution in [3.63, 3.8) is 0 Å². The summed E-state index contributed by atoms with van der Waals surface area (Å²) in [5, 5.41) is 3.55. The number of benzene rings is 1. The van der Waals surface area contributed by atoms with Crippen LogP contribution >= 0.6 is 0 Å². The Labute approximate surface area is 107 Å². The van der Waals surface area contributed by atoms with Gasteiger partial charge in [-0.1, -0.05) is 12.5 Å². The molecule has 0 spiro atoms. The first kappa shape index (κ1) is 11.7. The summed E-state index contributed by atoms with van der Waals surface area (Å²) < 4.78 is 5.30. The smallest absolute Gasteiger partial charge is 0.181 e. The van der Waals surface area contributed by atoms with Gasteiger partial charge in [0.2, 0.25) is 0 Å². The average Bonchev–Trinajstić information content (AvgIpc) is 2.98. The molecule has 0 amide bonds. The van der Waals surface area contributed by atoms with E-state index in [9.17, 15) is 0 Å². The Bertz CT molecular complexity index is 522. The van der Waals surface area contributed by atoms with Crippen LogP contribution in [0.15, 0.2) is 29.0 Å². The van der Waals surface area contributed by atoms with E-state index in [1.807, 2.05) is 6.07 Å². The molecule has 0 radical (unpaired) electrons. The van der Waals surface area contributed by atoms with Gasteiger partial charge in [0.1, 0.15) is 5.52 Å². The highest BCUT2D eigenvalue weighted by molar-refractivity contribution is 5.72. The molecule has 2 aromatic rings. The second-order valence-corrected chi connectivity index (χ2v) is 5.06. The Morgan fingerprint density at radius 2 is 2.33 bits per heavy atom. The van der Waals surface area contributed by atoms with Gasteiger partial charge in [0.15, 0.2) is 12.0 Å². The van der Waals surface area contributed by atoms with Crippen molar-refractivity contribution in [2.75, 3.05) is 6.54 Å². The lowest BCUT2D eigenvalue weighted by molar-refractivity contribution is 0.479. The Morgan fingerprint density at radius 3 is 3.17 bits per heavy atom. The molecule has 0 bridgehead atoms. The predicted octanol–water partition coefficient (Wildman–Crippen LogP) is 1.84. The van der Waals surface area contributed by atoms with Crippen molar-refractivity contribution in [3.8, 4) is 0 Å². The van der Waals surface area contributed by atoms with E-state index < -0.39 is 0 Å². The van der Waals surface area contributed by atoms with Crippen molar-refractivity contribution in [3.05, 3.63) is 30.2 Å². The number of aromatic nitrogens is 1. The summed E-state index contributed by atoms with van der Waals surface area (Å²) in [6.45, 7) is 0.970. The Morgan fingerprint density at radius 1 is 1.39 bits per heavy atom. The van der Waals surface area contributed by atoms with Crippen molar-refractivity contribution in [2.24, 2.45) is 5.73 Å². The number of rotatable bonds is 4. The SMILES string of the molecule is NC1CCCC1NCCc1ccc2ncoc2c1. The lowest BCUT2D eigenvalue weighted by Crippen LogP contribution is -2.41. The first-order chi connectivity index (χ1) is 8.83. The molecule has 1 saturated carbocycles. The minimum atomic E-state index is 0.335. The molecule has 0 aliphatic heterocycles. The number of oxazole rings is 1. The zero-order valence-corrected chi connectivity index (χ0v) is 10.4. The summed E-state index contributed by atoms with van der Waals surface area (Å²) >= 11 is 0. The Balaban J connectivity index is 1.56. The maximum absolute atomic E-state index is 6.03. The van der Waals surface area contributed by atoms with Crippen LogP contribution in [0.25, 0.3) is 11.1 Å². The summed E-state index contributed by atoms with van der Waals surface area (Å²) in [6, 6.07) is 7.02. The van der Waals surface area contributed by atoms with Crippen molar-refractivity contribution in [1.82, 2.24) is 10.3 Å². The summed E-state index contributed by atoms with van der Waals surface area (Å²) in [6.07, 6.45) is 6.11. The monoisotopic (exact) mass is 245 g/mol. The van der Waals surface area contributed by atoms with Gasteiger partial charge in [-0.25, -0.2) is 4.98 Å². The van der Waals surface area contributed by atoms with E-state index in [4.69, 9.17) is 10.2 Å². The minimum Gasteiger partial charge on any atom is -0.443 e. The zero-order chi connectivity index (χ0) is 12.4. The van der Waals surface area contributed by atoms with Gasteiger partial charge >= 0.3 is 0 Å². The highest BCUT2D eigenvalue weighted by Crippen LogP contribution is 2.17. The molecule has 0 saturated heterocycles. The van der Waals surface area contributed by atoms with Gasteiger partial charge in [-0.15, -0.1) is 0 Å². The summed E-state index contributed by atoms with van der Waals surface area (Å²) in [5.74, 6) is 0. The molecule has 18 heavy (non-hydrogen) atoms. The molecule has 1 heterocycles. The molecule has 1 fully saturated rings. The Hall–Kier alpha value is -1.39. The standard InChI is InChI=1S/C14H19N3O/c15-11-2-1-3-12(11)16-7-6-10-4-5-13-14(8-10)18-9-17-13/h4-5,8-9,11-12,16H,1-3,6-7,15H2. The molecule has 2 atom stereocenters. The van der Waals surface area contributed by atoms with Crippen LogP contribution in [0.5, 0.6) is 0 Å². The fraction of sp³-hybridized carbons (Fsp3) is 0.500. The third-order valence-corrected chi connectivity index (χ3v) is 3.79. The first-order valence-electron chi connectivity index (χ1n) is 6.64. The second-order valence-electron chi connectivity index (χ2n) is 5.06. The van der Waals surface area contributed by atoms with Crippen molar-refractivity contribution >= 4 is 11.1 Å². The molecule has 1 aromatic carbocycles. The van der Waals surface area contributed by atoms with E-state index in [0.717, 1.165) is 30.5 Å². The van der Waals surface area contributed by atoms with Crippen LogP contribution in [0, 0.1) is 0 Å². The van der Waals surface area contributed by atoms with Gasteiger partial charge in [0.05, 0.1) is 0 Å². The molecular weight excluding hydrogens is 226 g/mol. The fourth-order valence-electron chi connectivity index (χ4n) is 2.70. The van der Waals surface area contributed by atoms with Crippen molar-refractivity contribution in [2.45, 2.75) is 37.8 Å². The molecule has 1 aliphatic carbocycles.